The first-order valence-corrected chi connectivity index (χ1v) is 9.49. The number of para-hydroxylation sites is 1. The van der Waals surface area contributed by atoms with E-state index in [0.29, 0.717) is 21.5 Å². The van der Waals surface area contributed by atoms with Crippen molar-refractivity contribution in [3.8, 4) is 5.75 Å². The van der Waals surface area contributed by atoms with E-state index >= 15 is 0 Å². The van der Waals surface area contributed by atoms with E-state index in [4.69, 9.17) is 16.3 Å². The Balaban J connectivity index is 1.61. The van der Waals surface area contributed by atoms with Crippen molar-refractivity contribution in [2.45, 2.75) is 10.1 Å². The quantitative estimate of drug-likeness (QED) is 0.485. The van der Waals surface area contributed by atoms with E-state index in [1.165, 1.54) is 18.4 Å². The highest BCUT2D eigenvalue weighted by molar-refractivity contribution is 8.00. The molecule has 1 aromatic heterocycles. The molecule has 0 saturated carbocycles. The zero-order valence-corrected chi connectivity index (χ0v) is 15.6. The molecule has 128 valence electrons. The second-order valence-corrected chi connectivity index (χ2v) is 7.58. The van der Waals surface area contributed by atoms with Crippen LogP contribution in [0.15, 0.2) is 52.9 Å². The number of anilines is 1. The van der Waals surface area contributed by atoms with Gasteiger partial charge in [-0.1, -0.05) is 59.0 Å². The molecule has 0 spiro atoms. The lowest BCUT2D eigenvalue weighted by Gasteiger charge is -2.06. The van der Waals surface area contributed by atoms with Gasteiger partial charge in [0.05, 0.1) is 12.7 Å². The first kappa shape index (κ1) is 17.7. The largest absolute Gasteiger partial charge is 0.496 e. The average Bonchev–Trinajstić information content (AvgIpc) is 3.08. The summed E-state index contributed by atoms with van der Waals surface area (Å²) in [6.07, 6.45) is 0. The summed E-state index contributed by atoms with van der Waals surface area (Å²) in [5, 5.41) is 12.0. The monoisotopic (exact) mass is 391 g/mol. The maximum Gasteiger partial charge on any atom is 0.261 e. The Hall–Kier alpha value is -2.09. The Morgan fingerprint density at radius 2 is 1.96 bits per heavy atom. The third-order valence-corrected chi connectivity index (χ3v) is 5.55. The number of halogens is 1. The number of hydrogen-bond acceptors (Lipinski definition) is 6. The van der Waals surface area contributed by atoms with Crippen LogP contribution in [0.2, 0.25) is 5.02 Å². The van der Waals surface area contributed by atoms with Crippen LogP contribution in [-0.4, -0.2) is 23.2 Å². The number of methoxy groups -OCH3 is 1. The van der Waals surface area contributed by atoms with Crippen molar-refractivity contribution >= 4 is 45.7 Å². The Bertz CT molecular complexity index is 868. The molecule has 3 rings (SSSR count). The lowest BCUT2D eigenvalue weighted by molar-refractivity contribution is 0.102. The van der Waals surface area contributed by atoms with Gasteiger partial charge in [0.2, 0.25) is 5.13 Å². The number of carbonyl (C=O) groups is 1. The Morgan fingerprint density at radius 1 is 1.20 bits per heavy atom. The summed E-state index contributed by atoms with van der Waals surface area (Å²) in [6, 6.07) is 14.7. The van der Waals surface area contributed by atoms with E-state index in [9.17, 15) is 4.79 Å². The molecule has 0 saturated heterocycles. The minimum atomic E-state index is -0.275. The zero-order valence-electron chi connectivity index (χ0n) is 13.2. The highest BCUT2D eigenvalue weighted by Gasteiger charge is 2.14. The molecule has 2 aromatic carbocycles. The van der Waals surface area contributed by atoms with Crippen LogP contribution in [0, 0.1) is 0 Å². The molecule has 8 heteroatoms. The number of hydrogen-bond donors (Lipinski definition) is 1. The SMILES string of the molecule is COc1ccccc1C(=O)Nc1nnc(SCc2ccc(Cl)cc2)s1. The Kier molecular flexibility index (Phi) is 5.91. The van der Waals surface area contributed by atoms with Crippen molar-refractivity contribution in [3.05, 3.63) is 64.7 Å². The smallest absolute Gasteiger partial charge is 0.261 e. The van der Waals surface area contributed by atoms with Crippen LogP contribution in [0.5, 0.6) is 5.75 Å². The first-order chi connectivity index (χ1) is 12.2. The molecular weight excluding hydrogens is 378 g/mol. The second kappa shape index (κ2) is 8.33. The minimum Gasteiger partial charge on any atom is -0.496 e. The summed E-state index contributed by atoms with van der Waals surface area (Å²) in [5.41, 5.74) is 1.60. The van der Waals surface area contributed by atoms with Gasteiger partial charge in [-0.3, -0.25) is 10.1 Å². The standard InChI is InChI=1S/C17H14ClN3O2S2/c1-23-14-5-3-2-4-13(14)15(22)19-16-20-21-17(25-16)24-10-11-6-8-12(18)9-7-11/h2-9H,10H2,1H3,(H,19,20,22). The van der Waals surface area contributed by atoms with E-state index in [0.717, 1.165) is 15.7 Å². The molecule has 0 fully saturated rings. The average molecular weight is 392 g/mol. The van der Waals surface area contributed by atoms with Gasteiger partial charge in [-0.25, -0.2) is 0 Å². The maximum absolute atomic E-state index is 12.3. The predicted octanol–water partition coefficient (Wildman–Crippen LogP) is 4.74. The number of carbonyl (C=O) groups excluding carboxylic acids is 1. The molecule has 0 aliphatic carbocycles. The number of rotatable bonds is 6. The van der Waals surface area contributed by atoms with Crippen LogP contribution in [0.3, 0.4) is 0 Å². The summed E-state index contributed by atoms with van der Waals surface area (Å²) in [5.74, 6) is 0.997. The van der Waals surface area contributed by atoms with E-state index in [1.807, 2.05) is 30.3 Å². The number of nitrogens with one attached hydrogen (secondary N) is 1. The summed E-state index contributed by atoms with van der Waals surface area (Å²) < 4.78 is 5.98. The maximum atomic E-state index is 12.3. The molecule has 0 bridgehead atoms. The fourth-order valence-electron chi connectivity index (χ4n) is 2.04. The van der Waals surface area contributed by atoms with Crippen LogP contribution in [0.4, 0.5) is 5.13 Å². The first-order valence-electron chi connectivity index (χ1n) is 7.31. The molecule has 1 heterocycles. The molecule has 1 amide bonds. The van der Waals surface area contributed by atoms with Gasteiger partial charge < -0.3 is 4.74 Å². The van der Waals surface area contributed by atoms with E-state index in [2.05, 4.69) is 15.5 Å². The van der Waals surface area contributed by atoms with Crippen molar-refractivity contribution in [2.24, 2.45) is 0 Å². The predicted molar refractivity (Wildman–Crippen MR) is 102 cm³/mol. The number of thioether (sulfide) groups is 1. The van der Waals surface area contributed by atoms with Crippen molar-refractivity contribution in [1.29, 1.82) is 0 Å². The molecule has 1 N–H and O–H groups in total. The van der Waals surface area contributed by atoms with E-state index in [1.54, 1.807) is 30.0 Å². The molecule has 3 aromatic rings. The van der Waals surface area contributed by atoms with Crippen molar-refractivity contribution in [3.63, 3.8) is 0 Å². The van der Waals surface area contributed by atoms with Gasteiger partial charge in [0.15, 0.2) is 4.34 Å². The van der Waals surface area contributed by atoms with Crippen LogP contribution < -0.4 is 10.1 Å². The van der Waals surface area contributed by atoms with Crippen LogP contribution >= 0.6 is 34.7 Å². The minimum absolute atomic E-state index is 0.275. The van der Waals surface area contributed by atoms with E-state index < -0.39 is 0 Å². The summed E-state index contributed by atoms with van der Waals surface area (Å²) in [7, 11) is 1.53. The number of benzene rings is 2. The Labute approximate surface area is 158 Å². The highest BCUT2D eigenvalue weighted by Crippen LogP contribution is 2.29. The third-order valence-electron chi connectivity index (χ3n) is 3.25. The molecule has 0 aliphatic heterocycles. The van der Waals surface area contributed by atoms with Crippen molar-refractivity contribution in [1.82, 2.24) is 10.2 Å². The Morgan fingerprint density at radius 3 is 2.72 bits per heavy atom. The lowest BCUT2D eigenvalue weighted by Crippen LogP contribution is -2.12. The van der Waals surface area contributed by atoms with E-state index in [-0.39, 0.29) is 5.91 Å². The second-order valence-electron chi connectivity index (χ2n) is 4.94. The fourth-order valence-corrected chi connectivity index (χ4v) is 3.87. The highest BCUT2D eigenvalue weighted by atomic mass is 35.5. The van der Waals surface area contributed by atoms with Gasteiger partial charge >= 0.3 is 0 Å². The normalized spacial score (nSPS) is 10.5. The topological polar surface area (TPSA) is 64.1 Å². The zero-order chi connectivity index (χ0) is 17.6. The number of aromatic nitrogens is 2. The summed E-state index contributed by atoms with van der Waals surface area (Å²) >= 11 is 8.77. The van der Waals surface area contributed by atoms with Crippen LogP contribution in [0.25, 0.3) is 0 Å². The lowest BCUT2D eigenvalue weighted by atomic mass is 10.2. The number of nitrogens with zero attached hydrogens (tertiary/aromatic N) is 2. The molecular formula is C17H14ClN3O2S2. The van der Waals surface area contributed by atoms with Gasteiger partial charge in [0.1, 0.15) is 5.75 Å². The van der Waals surface area contributed by atoms with Gasteiger partial charge in [-0.05, 0) is 29.8 Å². The molecule has 5 nitrogen and oxygen atoms in total. The molecule has 0 radical (unpaired) electrons. The van der Waals surface area contributed by atoms with Crippen molar-refractivity contribution < 1.29 is 9.53 Å². The number of ether oxygens (including phenoxy) is 1. The third kappa shape index (κ3) is 4.72. The fraction of sp³-hybridized carbons (Fsp3) is 0.118. The van der Waals surface area contributed by atoms with Gasteiger partial charge in [-0.15, -0.1) is 10.2 Å². The molecule has 25 heavy (non-hydrogen) atoms. The van der Waals surface area contributed by atoms with Crippen LogP contribution in [0.1, 0.15) is 15.9 Å². The molecule has 0 aliphatic rings. The van der Waals surface area contributed by atoms with Crippen molar-refractivity contribution in [2.75, 3.05) is 12.4 Å². The molecule has 0 unspecified atom stereocenters. The van der Waals surface area contributed by atoms with Gasteiger partial charge in [0.25, 0.3) is 5.91 Å². The van der Waals surface area contributed by atoms with Crippen LogP contribution in [-0.2, 0) is 5.75 Å². The van der Waals surface area contributed by atoms with Gasteiger partial charge in [0, 0.05) is 10.8 Å². The summed E-state index contributed by atoms with van der Waals surface area (Å²) in [4.78, 5) is 12.3. The summed E-state index contributed by atoms with van der Waals surface area (Å²) in [6.45, 7) is 0. The van der Waals surface area contributed by atoms with Gasteiger partial charge in [-0.2, -0.15) is 0 Å². The number of amides is 1. The molecule has 0 atom stereocenters.